The molecule has 0 aromatic heterocycles. The van der Waals surface area contributed by atoms with Gasteiger partial charge in [-0.15, -0.1) is 0 Å². The molecule has 34 heavy (non-hydrogen) atoms. The molecular weight excluding hydrogens is 433 g/mol. The molecule has 1 amide bonds. The van der Waals surface area contributed by atoms with Gasteiger partial charge in [-0.3, -0.25) is 0 Å². The molecular formula is C26H32BNO6. The zero-order valence-electron chi connectivity index (χ0n) is 20.6. The van der Waals surface area contributed by atoms with Crippen molar-refractivity contribution >= 4 is 25.3 Å². The van der Waals surface area contributed by atoms with Crippen LogP contribution in [0.1, 0.15) is 54.7 Å². The summed E-state index contributed by atoms with van der Waals surface area (Å²) >= 11 is 0. The standard InChI is InChI=1S/C26H32BNO6/c1-18-12-13-20(23(29)31-6)14-21(18)15-22(27-33-25(2,3)26(4,5)34-27)16-28-24(30)32-17-19-10-8-7-9-11-19/h7-15H,16-17H2,1-6H3,(H,28,30). The van der Waals surface area contributed by atoms with Crippen molar-refractivity contribution in [1.29, 1.82) is 0 Å². The quantitative estimate of drug-likeness (QED) is 0.471. The molecule has 180 valence electrons. The second kappa shape index (κ2) is 10.4. The SMILES string of the molecule is COC(=O)c1ccc(C)c(C=C(CNC(=O)OCc2ccccc2)B2OC(C)(C)C(C)(C)O2)c1. The highest BCUT2D eigenvalue weighted by molar-refractivity contribution is 6.56. The molecule has 0 radical (unpaired) electrons. The average molecular weight is 465 g/mol. The molecule has 0 aliphatic carbocycles. The van der Waals surface area contributed by atoms with Crippen LogP contribution in [-0.2, 0) is 25.4 Å². The molecule has 0 atom stereocenters. The van der Waals surface area contributed by atoms with E-state index in [1.54, 1.807) is 12.1 Å². The zero-order valence-corrected chi connectivity index (χ0v) is 20.6. The van der Waals surface area contributed by atoms with Crippen molar-refractivity contribution in [3.63, 3.8) is 0 Å². The van der Waals surface area contributed by atoms with E-state index in [1.807, 2.05) is 77.1 Å². The van der Waals surface area contributed by atoms with E-state index in [2.05, 4.69) is 5.32 Å². The van der Waals surface area contributed by atoms with Crippen molar-refractivity contribution in [2.24, 2.45) is 0 Å². The lowest BCUT2D eigenvalue weighted by atomic mass is 9.76. The van der Waals surface area contributed by atoms with Crippen LogP contribution in [0.5, 0.6) is 0 Å². The summed E-state index contributed by atoms with van der Waals surface area (Å²) in [5.41, 5.74) is 2.68. The lowest BCUT2D eigenvalue weighted by Crippen LogP contribution is -2.41. The first kappa shape index (κ1) is 25.5. The van der Waals surface area contributed by atoms with Crippen molar-refractivity contribution in [3.8, 4) is 0 Å². The molecule has 7 nitrogen and oxygen atoms in total. The molecule has 1 heterocycles. The summed E-state index contributed by atoms with van der Waals surface area (Å²) < 4.78 is 22.6. The van der Waals surface area contributed by atoms with E-state index in [1.165, 1.54) is 7.11 Å². The highest BCUT2D eigenvalue weighted by Gasteiger charge is 2.52. The van der Waals surface area contributed by atoms with Crippen LogP contribution in [0.4, 0.5) is 4.79 Å². The molecule has 1 aliphatic rings. The van der Waals surface area contributed by atoms with Gasteiger partial charge in [-0.2, -0.15) is 0 Å². The Bertz CT molecular complexity index is 1050. The third-order valence-electron chi connectivity index (χ3n) is 6.25. The Balaban J connectivity index is 1.82. The Labute approximate surface area is 201 Å². The summed E-state index contributed by atoms with van der Waals surface area (Å²) in [6, 6.07) is 14.8. The highest BCUT2D eigenvalue weighted by atomic mass is 16.7. The number of hydrogen-bond acceptors (Lipinski definition) is 6. The predicted octanol–water partition coefficient (Wildman–Crippen LogP) is 4.72. The molecule has 0 unspecified atom stereocenters. The van der Waals surface area contributed by atoms with Gasteiger partial charge in [-0.25, -0.2) is 9.59 Å². The van der Waals surface area contributed by atoms with E-state index in [4.69, 9.17) is 18.8 Å². The monoisotopic (exact) mass is 465 g/mol. The van der Waals surface area contributed by atoms with Gasteiger partial charge in [-0.05, 0) is 68.9 Å². The second-order valence-corrected chi connectivity index (χ2v) is 9.29. The van der Waals surface area contributed by atoms with Gasteiger partial charge in [-0.1, -0.05) is 42.5 Å². The molecule has 1 saturated heterocycles. The van der Waals surface area contributed by atoms with Crippen LogP contribution >= 0.6 is 0 Å². The first-order chi connectivity index (χ1) is 16.0. The van der Waals surface area contributed by atoms with Crippen LogP contribution < -0.4 is 5.32 Å². The van der Waals surface area contributed by atoms with Crippen LogP contribution in [-0.4, -0.2) is 44.0 Å². The zero-order chi connectivity index (χ0) is 24.9. The minimum absolute atomic E-state index is 0.145. The van der Waals surface area contributed by atoms with Gasteiger partial charge in [0, 0.05) is 6.54 Å². The van der Waals surface area contributed by atoms with Gasteiger partial charge in [0.1, 0.15) is 6.61 Å². The first-order valence-electron chi connectivity index (χ1n) is 11.2. The molecule has 1 aliphatic heterocycles. The molecule has 2 aromatic rings. The average Bonchev–Trinajstić information content (AvgIpc) is 3.03. The van der Waals surface area contributed by atoms with Crippen molar-refractivity contribution in [2.75, 3.05) is 13.7 Å². The van der Waals surface area contributed by atoms with Crippen molar-refractivity contribution in [2.45, 2.75) is 52.4 Å². The summed E-state index contributed by atoms with van der Waals surface area (Å²) in [5.74, 6) is -0.422. The molecule has 0 bridgehead atoms. The minimum atomic E-state index is -0.680. The van der Waals surface area contributed by atoms with Crippen LogP contribution in [0, 0.1) is 6.92 Å². The normalized spacial score (nSPS) is 16.8. The summed E-state index contributed by atoms with van der Waals surface area (Å²) in [5, 5.41) is 2.79. The smallest absolute Gasteiger partial charge is 0.465 e. The van der Waals surface area contributed by atoms with E-state index in [0.29, 0.717) is 11.0 Å². The highest BCUT2D eigenvalue weighted by Crippen LogP contribution is 2.38. The summed E-state index contributed by atoms with van der Waals surface area (Å²) in [4.78, 5) is 24.4. The molecule has 0 saturated carbocycles. The number of benzene rings is 2. The molecule has 2 aromatic carbocycles. The number of alkyl carbamates (subject to hydrolysis) is 1. The number of carbonyl (C=O) groups excluding carboxylic acids is 2. The Morgan fingerprint density at radius 1 is 1.03 bits per heavy atom. The third-order valence-corrected chi connectivity index (χ3v) is 6.25. The van der Waals surface area contributed by atoms with Crippen molar-refractivity contribution < 1.29 is 28.4 Å². The van der Waals surface area contributed by atoms with E-state index in [-0.39, 0.29) is 13.2 Å². The van der Waals surface area contributed by atoms with Gasteiger partial charge in [0.25, 0.3) is 0 Å². The predicted molar refractivity (Wildman–Crippen MR) is 131 cm³/mol. The number of nitrogens with one attached hydrogen (secondary N) is 1. The van der Waals surface area contributed by atoms with E-state index >= 15 is 0 Å². The number of hydrogen-bond donors (Lipinski definition) is 1. The van der Waals surface area contributed by atoms with Crippen LogP contribution in [0.25, 0.3) is 6.08 Å². The van der Waals surface area contributed by atoms with Gasteiger partial charge in [0.15, 0.2) is 0 Å². The van der Waals surface area contributed by atoms with Gasteiger partial charge in [0.2, 0.25) is 0 Å². The maximum Gasteiger partial charge on any atom is 0.492 e. The summed E-state index contributed by atoms with van der Waals surface area (Å²) in [7, 11) is 0.666. The molecule has 0 spiro atoms. The fourth-order valence-corrected chi connectivity index (χ4v) is 3.39. The fourth-order valence-electron chi connectivity index (χ4n) is 3.39. The molecule has 3 rings (SSSR count). The van der Waals surface area contributed by atoms with Gasteiger partial charge >= 0.3 is 19.2 Å². The largest absolute Gasteiger partial charge is 0.492 e. The Morgan fingerprint density at radius 3 is 2.29 bits per heavy atom. The van der Waals surface area contributed by atoms with E-state index in [9.17, 15) is 9.59 Å². The number of esters is 1. The second-order valence-electron chi connectivity index (χ2n) is 9.29. The van der Waals surface area contributed by atoms with E-state index in [0.717, 1.165) is 16.7 Å². The van der Waals surface area contributed by atoms with Gasteiger partial charge < -0.3 is 24.1 Å². The maximum atomic E-state index is 12.4. The summed E-state index contributed by atoms with van der Waals surface area (Å²) in [6.45, 7) is 10.1. The Morgan fingerprint density at radius 2 is 1.68 bits per heavy atom. The topological polar surface area (TPSA) is 83.1 Å². The third kappa shape index (κ3) is 6.07. The van der Waals surface area contributed by atoms with Crippen LogP contribution in [0.3, 0.4) is 0 Å². The maximum absolute atomic E-state index is 12.4. The summed E-state index contributed by atoms with van der Waals surface area (Å²) in [6.07, 6.45) is 1.33. The number of aryl methyl sites for hydroxylation is 1. The lowest BCUT2D eigenvalue weighted by Gasteiger charge is -2.32. The molecule has 1 fully saturated rings. The fraction of sp³-hybridized carbons (Fsp3) is 0.385. The number of methoxy groups -OCH3 is 1. The van der Waals surface area contributed by atoms with Gasteiger partial charge in [0.05, 0.1) is 23.9 Å². The van der Waals surface area contributed by atoms with Crippen LogP contribution in [0.2, 0.25) is 0 Å². The number of amides is 1. The molecule has 1 N–H and O–H groups in total. The number of carbonyl (C=O) groups is 2. The van der Waals surface area contributed by atoms with Crippen molar-refractivity contribution in [1.82, 2.24) is 5.32 Å². The molecule has 8 heteroatoms. The van der Waals surface area contributed by atoms with Crippen LogP contribution in [0.15, 0.2) is 54.0 Å². The minimum Gasteiger partial charge on any atom is -0.465 e. The Hall–Kier alpha value is -3.10. The Kier molecular flexibility index (Phi) is 7.84. The van der Waals surface area contributed by atoms with E-state index < -0.39 is 30.4 Å². The number of rotatable bonds is 7. The first-order valence-corrected chi connectivity index (χ1v) is 11.2. The van der Waals surface area contributed by atoms with Crippen molar-refractivity contribution in [3.05, 3.63) is 76.3 Å². The number of ether oxygens (including phenoxy) is 2. The lowest BCUT2D eigenvalue weighted by molar-refractivity contribution is 0.00578.